The summed E-state index contributed by atoms with van der Waals surface area (Å²) in [6, 6.07) is 13.6. The van der Waals surface area contributed by atoms with Gasteiger partial charge in [0.05, 0.1) is 6.42 Å². The number of rotatable bonds is 7. The molecule has 144 valence electrons. The quantitative estimate of drug-likeness (QED) is 0.775. The summed E-state index contributed by atoms with van der Waals surface area (Å²) in [6.45, 7) is 0.393. The zero-order valence-corrected chi connectivity index (χ0v) is 14.6. The zero-order chi connectivity index (χ0) is 19.9. The molecule has 0 saturated heterocycles. The number of ether oxygens (including phenoxy) is 1. The molecule has 0 heterocycles. The van der Waals surface area contributed by atoms with Gasteiger partial charge in [0.25, 0.3) is 5.91 Å². The molecule has 27 heavy (non-hydrogen) atoms. The highest BCUT2D eigenvalue weighted by Gasteiger charge is 2.27. The third kappa shape index (κ3) is 7.81. The van der Waals surface area contributed by atoms with E-state index in [1.54, 1.807) is 35.6 Å². The second-order valence-corrected chi connectivity index (χ2v) is 5.92. The Morgan fingerprint density at radius 2 is 1.74 bits per heavy atom. The lowest BCUT2D eigenvalue weighted by atomic mass is 10.1. The zero-order valence-electron chi connectivity index (χ0n) is 14.6. The van der Waals surface area contributed by atoms with E-state index in [9.17, 15) is 22.8 Å². The Balaban J connectivity index is 1.79. The molecule has 0 bridgehead atoms. The fourth-order valence-corrected chi connectivity index (χ4v) is 2.20. The Hall–Kier alpha value is -3.03. The summed E-state index contributed by atoms with van der Waals surface area (Å²) in [4.78, 5) is 23.4. The fourth-order valence-electron chi connectivity index (χ4n) is 2.20. The SMILES string of the molecule is Cc1cccc(OCC(=O)Nc2ccc(CC(=O)NCC(F)(F)F)cc2)c1. The highest BCUT2D eigenvalue weighted by atomic mass is 19.4. The van der Waals surface area contributed by atoms with Gasteiger partial charge in [-0.2, -0.15) is 13.2 Å². The Morgan fingerprint density at radius 3 is 2.37 bits per heavy atom. The number of hydrogen-bond acceptors (Lipinski definition) is 3. The van der Waals surface area contributed by atoms with Gasteiger partial charge >= 0.3 is 6.18 Å². The summed E-state index contributed by atoms with van der Waals surface area (Å²) in [7, 11) is 0. The van der Waals surface area contributed by atoms with Gasteiger partial charge < -0.3 is 15.4 Å². The number of benzene rings is 2. The van der Waals surface area contributed by atoms with Crippen molar-refractivity contribution in [2.75, 3.05) is 18.5 Å². The lowest BCUT2D eigenvalue weighted by molar-refractivity contribution is -0.138. The molecule has 2 N–H and O–H groups in total. The van der Waals surface area contributed by atoms with Gasteiger partial charge in [0.1, 0.15) is 12.3 Å². The number of carbonyl (C=O) groups is 2. The first-order valence-electron chi connectivity index (χ1n) is 8.13. The first-order valence-corrected chi connectivity index (χ1v) is 8.13. The summed E-state index contributed by atoms with van der Waals surface area (Å²) < 4.78 is 41.6. The summed E-state index contributed by atoms with van der Waals surface area (Å²) in [5.74, 6) is -0.492. The van der Waals surface area contributed by atoms with Gasteiger partial charge in [-0.25, -0.2) is 0 Å². The third-order valence-electron chi connectivity index (χ3n) is 3.45. The molecule has 0 aromatic heterocycles. The maximum atomic E-state index is 12.1. The minimum Gasteiger partial charge on any atom is -0.484 e. The van der Waals surface area contributed by atoms with Crippen LogP contribution in [0.15, 0.2) is 48.5 Å². The molecule has 2 aromatic carbocycles. The molecule has 0 aliphatic rings. The topological polar surface area (TPSA) is 67.4 Å². The Bertz CT molecular complexity index is 790. The molecule has 0 unspecified atom stereocenters. The number of halogens is 3. The number of hydrogen-bond donors (Lipinski definition) is 2. The van der Waals surface area contributed by atoms with E-state index >= 15 is 0 Å². The maximum absolute atomic E-state index is 12.1. The van der Waals surface area contributed by atoms with Crippen LogP contribution in [-0.2, 0) is 16.0 Å². The fraction of sp³-hybridized carbons (Fsp3) is 0.263. The molecule has 2 amide bonds. The van der Waals surface area contributed by atoms with Crippen molar-refractivity contribution in [1.82, 2.24) is 5.32 Å². The van der Waals surface area contributed by atoms with Crippen LogP contribution in [0.5, 0.6) is 5.75 Å². The Labute approximate surface area is 154 Å². The van der Waals surface area contributed by atoms with Gasteiger partial charge in [0.2, 0.25) is 5.91 Å². The van der Waals surface area contributed by atoms with Crippen LogP contribution >= 0.6 is 0 Å². The van der Waals surface area contributed by atoms with Gasteiger partial charge in [-0.05, 0) is 42.3 Å². The van der Waals surface area contributed by atoms with Crippen LogP contribution in [0.25, 0.3) is 0 Å². The smallest absolute Gasteiger partial charge is 0.405 e. The van der Waals surface area contributed by atoms with Crippen molar-refractivity contribution in [3.63, 3.8) is 0 Å². The van der Waals surface area contributed by atoms with Crippen molar-refractivity contribution in [2.24, 2.45) is 0 Å². The highest BCUT2D eigenvalue weighted by Crippen LogP contribution is 2.14. The molecule has 2 aromatic rings. The van der Waals surface area contributed by atoms with E-state index in [0.29, 0.717) is 17.0 Å². The Morgan fingerprint density at radius 1 is 1.04 bits per heavy atom. The van der Waals surface area contributed by atoms with E-state index < -0.39 is 18.6 Å². The van der Waals surface area contributed by atoms with Crippen molar-refractivity contribution >= 4 is 17.5 Å². The lowest BCUT2D eigenvalue weighted by Crippen LogP contribution is -2.34. The average molecular weight is 380 g/mol. The molecular weight excluding hydrogens is 361 g/mol. The lowest BCUT2D eigenvalue weighted by Gasteiger charge is -2.10. The van der Waals surface area contributed by atoms with E-state index in [-0.39, 0.29) is 18.9 Å². The van der Waals surface area contributed by atoms with E-state index in [1.165, 1.54) is 0 Å². The second-order valence-electron chi connectivity index (χ2n) is 5.92. The standard InChI is InChI=1S/C19H19F3N2O3/c1-13-3-2-4-16(9-13)27-11-18(26)24-15-7-5-14(6-8-15)10-17(25)23-12-19(20,21)22/h2-9H,10-12H2,1H3,(H,23,25)(H,24,26). The minimum atomic E-state index is -4.44. The predicted molar refractivity (Wildman–Crippen MR) is 94.5 cm³/mol. The minimum absolute atomic E-state index is 0.162. The molecule has 0 atom stereocenters. The van der Waals surface area contributed by atoms with Gasteiger partial charge in [0, 0.05) is 5.69 Å². The van der Waals surface area contributed by atoms with Crippen LogP contribution in [0.1, 0.15) is 11.1 Å². The second kappa shape index (κ2) is 9.07. The summed E-state index contributed by atoms with van der Waals surface area (Å²) in [6.07, 6.45) is -4.62. The average Bonchev–Trinajstić information content (AvgIpc) is 2.59. The molecule has 5 nitrogen and oxygen atoms in total. The van der Waals surface area contributed by atoms with Crippen molar-refractivity contribution in [3.05, 3.63) is 59.7 Å². The monoisotopic (exact) mass is 380 g/mol. The molecule has 0 saturated carbocycles. The molecule has 0 aliphatic heterocycles. The first kappa shape index (κ1) is 20.3. The van der Waals surface area contributed by atoms with Crippen LogP contribution < -0.4 is 15.4 Å². The van der Waals surface area contributed by atoms with E-state index in [2.05, 4.69) is 5.32 Å². The molecule has 8 heteroatoms. The summed E-state index contributed by atoms with van der Waals surface area (Å²) in [5.41, 5.74) is 2.04. The van der Waals surface area contributed by atoms with Gasteiger partial charge in [0.15, 0.2) is 6.61 Å². The normalized spacial score (nSPS) is 11.0. The van der Waals surface area contributed by atoms with Crippen LogP contribution in [-0.4, -0.2) is 31.1 Å². The predicted octanol–water partition coefficient (Wildman–Crippen LogP) is 3.23. The molecule has 2 rings (SSSR count). The van der Waals surface area contributed by atoms with Crippen LogP contribution in [0.3, 0.4) is 0 Å². The van der Waals surface area contributed by atoms with Crippen molar-refractivity contribution in [1.29, 1.82) is 0 Å². The number of aryl methyl sites for hydroxylation is 1. The number of alkyl halides is 3. The largest absolute Gasteiger partial charge is 0.484 e. The molecular formula is C19H19F3N2O3. The third-order valence-corrected chi connectivity index (χ3v) is 3.45. The van der Waals surface area contributed by atoms with Crippen molar-refractivity contribution in [3.8, 4) is 5.75 Å². The van der Waals surface area contributed by atoms with Crippen LogP contribution in [0.2, 0.25) is 0 Å². The highest BCUT2D eigenvalue weighted by molar-refractivity contribution is 5.92. The number of carbonyl (C=O) groups excluding carboxylic acids is 2. The van der Waals surface area contributed by atoms with Gasteiger partial charge in [-0.3, -0.25) is 9.59 Å². The van der Waals surface area contributed by atoms with E-state index in [0.717, 1.165) is 5.56 Å². The number of nitrogens with one attached hydrogen (secondary N) is 2. The van der Waals surface area contributed by atoms with Crippen molar-refractivity contribution in [2.45, 2.75) is 19.5 Å². The summed E-state index contributed by atoms with van der Waals surface area (Å²) in [5, 5.41) is 4.44. The van der Waals surface area contributed by atoms with Crippen LogP contribution in [0.4, 0.5) is 18.9 Å². The van der Waals surface area contributed by atoms with Crippen LogP contribution in [0, 0.1) is 6.92 Å². The molecule has 0 aliphatic carbocycles. The van der Waals surface area contributed by atoms with E-state index in [4.69, 9.17) is 4.74 Å². The van der Waals surface area contributed by atoms with E-state index in [1.807, 2.05) is 25.1 Å². The summed E-state index contributed by atoms with van der Waals surface area (Å²) >= 11 is 0. The maximum Gasteiger partial charge on any atom is 0.405 e. The molecule has 0 spiro atoms. The Kier molecular flexibility index (Phi) is 6.81. The van der Waals surface area contributed by atoms with Gasteiger partial charge in [-0.1, -0.05) is 24.3 Å². The molecule has 0 radical (unpaired) electrons. The number of anilines is 1. The molecule has 0 fully saturated rings. The van der Waals surface area contributed by atoms with Crippen molar-refractivity contribution < 1.29 is 27.5 Å². The first-order chi connectivity index (χ1) is 12.7. The van der Waals surface area contributed by atoms with Gasteiger partial charge in [-0.15, -0.1) is 0 Å². The number of amides is 2.